The molecule has 0 N–H and O–H groups in total. The van der Waals surface area contributed by atoms with Gasteiger partial charge in [0.05, 0.1) is 23.4 Å². The number of hydrogen-bond donors (Lipinski definition) is 0. The highest BCUT2D eigenvalue weighted by Gasteiger charge is 2.37. The maximum Gasteiger partial charge on any atom is 0.416 e. The number of halogens is 4. The molecular weight excluding hydrogens is 497 g/mol. The molecule has 0 aromatic heterocycles. The van der Waals surface area contributed by atoms with Gasteiger partial charge in [-0.25, -0.2) is 9.79 Å². The fourth-order valence-corrected chi connectivity index (χ4v) is 3.66. The van der Waals surface area contributed by atoms with Gasteiger partial charge in [0.1, 0.15) is 17.3 Å². The van der Waals surface area contributed by atoms with Crippen molar-refractivity contribution in [3.8, 4) is 5.75 Å². The van der Waals surface area contributed by atoms with Crippen LogP contribution in [0.25, 0.3) is 6.08 Å². The van der Waals surface area contributed by atoms with Crippen LogP contribution in [0.15, 0.2) is 83.5 Å². The molecule has 0 bridgehead atoms. The number of rotatable bonds is 6. The quantitative estimate of drug-likeness (QED) is 0.310. The van der Waals surface area contributed by atoms with Gasteiger partial charge in [0.15, 0.2) is 6.61 Å². The van der Waals surface area contributed by atoms with Gasteiger partial charge >= 0.3 is 12.1 Å². The summed E-state index contributed by atoms with van der Waals surface area (Å²) in [6.45, 7) is -0.352. The molecule has 0 aliphatic carbocycles. The van der Waals surface area contributed by atoms with Gasteiger partial charge in [-0.05, 0) is 30.3 Å². The average Bonchev–Trinajstić information content (AvgIpc) is 3.19. The molecule has 0 spiro atoms. The number of amidine groups is 1. The van der Waals surface area contributed by atoms with Crippen molar-refractivity contribution in [2.75, 3.05) is 18.6 Å². The lowest BCUT2D eigenvalue weighted by Crippen LogP contribution is -2.33. The van der Waals surface area contributed by atoms with Crippen LogP contribution >= 0.6 is 11.6 Å². The third-order valence-electron chi connectivity index (χ3n) is 5.19. The highest BCUT2D eigenvalue weighted by Crippen LogP contribution is 2.38. The summed E-state index contributed by atoms with van der Waals surface area (Å²) in [4.78, 5) is 30.5. The molecular formula is C26H18ClF3N2O4. The number of esters is 1. The maximum atomic E-state index is 13.5. The van der Waals surface area contributed by atoms with Crippen LogP contribution in [0, 0.1) is 0 Å². The van der Waals surface area contributed by atoms with Crippen molar-refractivity contribution in [2.45, 2.75) is 6.18 Å². The Morgan fingerprint density at radius 2 is 1.75 bits per heavy atom. The van der Waals surface area contributed by atoms with E-state index < -0.39 is 23.6 Å². The SMILES string of the molecule is COC(=O)COc1ccccc1/C=C1\N=C(c2ccccc2)N(c2cc(C(F)(F)F)ccc2Cl)C1=O. The molecule has 0 radical (unpaired) electrons. The van der Waals surface area contributed by atoms with Crippen LogP contribution in [-0.2, 0) is 20.5 Å². The van der Waals surface area contributed by atoms with Crippen LogP contribution in [0.5, 0.6) is 5.75 Å². The molecule has 1 heterocycles. The first-order valence-electron chi connectivity index (χ1n) is 10.5. The lowest BCUT2D eigenvalue weighted by Gasteiger charge is -2.21. The van der Waals surface area contributed by atoms with E-state index in [0.717, 1.165) is 23.1 Å². The van der Waals surface area contributed by atoms with Crippen LogP contribution in [0.2, 0.25) is 5.02 Å². The summed E-state index contributed by atoms with van der Waals surface area (Å²) in [5.41, 5.74) is -0.244. The molecule has 0 fully saturated rings. The summed E-state index contributed by atoms with van der Waals surface area (Å²) in [6.07, 6.45) is -3.21. The van der Waals surface area contributed by atoms with Gasteiger partial charge in [0, 0.05) is 11.1 Å². The molecule has 10 heteroatoms. The number of hydrogen-bond acceptors (Lipinski definition) is 5. The third-order valence-corrected chi connectivity index (χ3v) is 5.51. The van der Waals surface area contributed by atoms with Gasteiger partial charge < -0.3 is 9.47 Å². The Kier molecular flexibility index (Phi) is 7.12. The Hall–Kier alpha value is -4.11. The molecule has 0 unspecified atom stereocenters. The second-order valence-electron chi connectivity index (χ2n) is 7.54. The Morgan fingerprint density at radius 3 is 2.44 bits per heavy atom. The fraction of sp³-hybridized carbons (Fsp3) is 0.115. The number of nitrogens with zero attached hydrogens (tertiary/aromatic N) is 2. The number of amides is 1. The molecule has 0 atom stereocenters. The minimum absolute atomic E-state index is 0.0527. The first-order chi connectivity index (χ1) is 17.2. The van der Waals surface area contributed by atoms with Crippen molar-refractivity contribution in [1.82, 2.24) is 0 Å². The van der Waals surface area contributed by atoms with E-state index in [2.05, 4.69) is 9.73 Å². The van der Waals surface area contributed by atoms with Gasteiger partial charge in [0.2, 0.25) is 0 Å². The van der Waals surface area contributed by atoms with Crippen LogP contribution in [-0.4, -0.2) is 31.4 Å². The van der Waals surface area contributed by atoms with Crippen LogP contribution in [0.4, 0.5) is 18.9 Å². The minimum atomic E-state index is -4.64. The number of methoxy groups -OCH3 is 1. The zero-order valence-electron chi connectivity index (χ0n) is 18.8. The summed E-state index contributed by atoms with van der Waals surface area (Å²) in [5.74, 6) is -0.877. The second-order valence-corrected chi connectivity index (χ2v) is 7.95. The van der Waals surface area contributed by atoms with Gasteiger partial charge in [-0.2, -0.15) is 13.2 Å². The molecule has 0 saturated heterocycles. The number of carbonyl (C=O) groups excluding carboxylic acids is 2. The van der Waals surface area contributed by atoms with Crippen LogP contribution in [0.1, 0.15) is 16.7 Å². The highest BCUT2D eigenvalue weighted by molar-refractivity contribution is 6.39. The van der Waals surface area contributed by atoms with E-state index >= 15 is 0 Å². The number of benzene rings is 3. The van der Waals surface area contributed by atoms with Crippen molar-refractivity contribution in [1.29, 1.82) is 0 Å². The van der Waals surface area contributed by atoms with Crippen LogP contribution in [0.3, 0.4) is 0 Å². The fourth-order valence-electron chi connectivity index (χ4n) is 3.46. The smallest absolute Gasteiger partial charge is 0.416 e. The summed E-state index contributed by atoms with van der Waals surface area (Å²) in [7, 11) is 1.23. The van der Waals surface area contributed by atoms with E-state index in [0.29, 0.717) is 11.1 Å². The van der Waals surface area contributed by atoms with Gasteiger partial charge in [-0.1, -0.05) is 60.1 Å². The Balaban J connectivity index is 1.81. The van der Waals surface area contributed by atoms with E-state index in [1.165, 1.54) is 13.2 Å². The van der Waals surface area contributed by atoms with Crippen molar-refractivity contribution < 1.29 is 32.2 Å². The van der Waals surface area contributed by atoms with E-state index in [9.17, 15) is 22.8 Å². The Bertz CT molecular complexity index is 1370. The van der Waals surface area contributed by atoms with Crippen molar-refractivity contribution >= 4 is 41.1 Å². The predicted molar refractivity (Wildman–Crippen MR) is 129 cm³/mol. The number of alkyl halides is 3. The van der Waals surface area contributed by atoms with E-state index in [1.54, 1.807) is 54.6 Å². The monoisotopic (exact) mass is 514 g/mol. The molecule has 184 valence electrons. The van der Waals surface area contributed by atoms with Crippen molar-refractivity contribution in [2.24, 2.45) is 4.99 Å². The first kappa shape index (κ1) is 25.0. The normalized spacial score (nSPS) is 14.7. The van der Waals surface area contributed by atoms with Gasteiger partial charge in [-0.15, -0.1) is 0 Å². The number of para-hydroxylation sites is 1. The summed E-state index contributed by atoms with van der Waals surface area (Å²) < 4.78 is 50.4. The first-order valence-corrected chi connectivity index (χ1v) is 10.9. The highest BCUT2D eigenvalue weighted by atomic mass is 35.5. The van der Waals surface area contributed by atoms with Gasteiger partial charge in [-0.3, -0.25) is 9.69 Å². The number of aliphatic imine (C=N–C) groups is 1. The van der Waals surface area contributed by atoms with Crippen molar-refractivity contribution in [3.63, 3.8) is 0 Å². The second kappa shape index (κ2) is 10.2. The molecule has 6 nitrogen and oxygen atoms in total. The lowest BCUT2D eigenvalue weighted by atomic mass is 10.1. The van der Waals surface area contributed by atoms with Gasteiger partial charge in [0.25, 0.3) is 5.91 Å². The third kappa shape index (κ3) is 5.26. The van der Waals surface area contributed by atoms with E-state index in [4.69, 9.17) is 16.3 Å². The summed E-state index contributed by atoms with van der Waals surface area (Å²) in [5, 5.41) is -0.0527. The molecule has 0 saturated carbocycles. The standard InChI is InChI=1S/C26H18ClF3N2O4/c1-35-23(33)15-36-22-10-6-5-9-17(22)13-20-25(34)32(24(31-20)16-7-3-2-4-8-16)21-14-18(26(28,29)30)11-12-19(21)27/h2-14H,15H2,1H3/b20-13-. The van der Waals surface area contributed by atoms with Crippen molar-refractivity contribution in [3.05, 3.63) is 100 Å². The number of ether oxygens (including phenoxy) is 2. The molecule has 1 amide bonds. The molecule has 1 aliphatic heterocycles. The average molecular weight is 515 g/mol. The number of carbonyl (C=O) groups is 2. The summed E-state index contributed by atoms with van der Waals surface area (Å²) in [6, 6.07) is 17.9. The molecule has 1 aliphatic rings. The summed E-state index contributed by atoms with van der Waals surface area (Å²) >= 11 is 6.26. The predicted octanol–water partition coefficient (Wildman–Crippen LogP) is 5.75. The molecule has 3 aromatic carbocycles. The number of anilines is 1. The van der Waals surface area contributed by atoms with Crippen LogP contribution < -0.4 is 9.64 Å². The minimum Gasteiger partial charge on any atom is -0.481 e. The lowest BCUT2D eigenvalue weighted by molar-refractivity contribution is -0.143. The zero-order valence-corrected chi connectivity index (χ0v) is 19.5. The zero-order chi connectivity index (χ0) is 25.9. The Morgan fingerprint density at radius 1 is 1.06 bits per heavy atom. The Labute approximate surface area is 209 Å². The van der Waals surface area contributed by atoms with E-state index in [1.807, 2.05) is 0 Å². The molecule has 3 aromatic rings. The topological polar surface area (TPSA) is 68.2 Å². The maximum absolute atomic E-state index is 13.5. The molecule has 36 heavy (non-hydrogen) atoms. The van der Waals surface area contributed by atoms with E-state index in [-0.39, 0.29) is 34.6 Å². The largest absolute Gasteiger partial charge is 0.481 e. The molecule has 4 rings (SSSR count).